The molecule has 0 aliphatic carbocycles. The van der Waals surface area contributed by atoms with Gasteiger partial charge in [-0.15, -0.1) is 11.3 Å². The normalized spacial score (nSPS) is 10.1. The fraction of sp³-hybridized carbons (Fsp3) is 0.0909. The summed E-state index contributed by atoms with van der Waals surface area (Å²) >= 11 is 1.34. The summed E-state index contributed by atoms with van der Waals surface area (Å²) in [7, 11) is 1.71. The zero-order chi connectivity index (χ0) is 11.5. The summed E-state index contributed by atoms with van der Waals surface area (Å²) in [6, 6.07) is 5.35. The lowest BCUT2D eigenvalue weighted by Crippen LogP contribution is -2.26. The first-order chi connectivity index (χ1) is 7.70. The standard InChI is InChI=1S/C11H11N3OS/c1-14(8-3-2-5-13-7-8)11(15)10-9(12)4-6-16-10/h2-7H,12H2,1H3. The van der Waals surface area contributed by atoms with Crippen LogP contribution in [-0.4, -0.2) is 17.9 Å². The minimum absolute atomic E-state index is 0.111. The maximum Gasteiger partial charge on any atom is 0.270 e. The van der Waals surface area contributed by atoms with Crippen LogP contribution in [0.5, 0.6) is 0 Å². The summed E-state index contributed by atoms with van der Waals surface area (Å²) < 4.78 is 0. The number of thiophene rings is 1. The highest BCUT2D eigenvalue weighted by atomic mass is 32.1. The molecular formula is C11H11N3OS. The molecule has 0 saturated carbocycles. The smallest absolute Gasteiger partial charge is 0.270 e. The summed E-state index contributed by atoms with van der Waals surface area (Å²) in [6.07, 6.45) is 3.31. The number of pyridine rings is 1. The number of nitrogens with zero attached hydrogens (tertiary/aromatic N) is 2. The molecule has 1 amide bonds. The molecule has 82 valence electrons. The van der Waals surface area contributed by atoms with Gasteiger partial charge in [-0.05, 0) is 23.6 Å². The van der Waals surface area contributed by atoms with Gasteiger partial charge in [-0.1, -0.05) is 0 Å². The Morgan fingerprint density at radius 2 is 2.31 bits per heavy atom. The molecule has 0 aliphatic rings. The molecule has 0 fully saturated rings. The minimum atomic E-state index is -0.111. The Balaban J connectivity index is 2.27. The highest BCUT2D eigenvalue weighted by Gasteiger charge is 2.17. The molecule has 0 bridgehead atoms. The van der Waals surface area contributed by atoms with Crippen LogP contribution in [0.4, 0.5) is 11.4 Å². The molecule has 0 aliphatic heterocycles. The lowest BCUT2D eigenvalue weighted by molar-refractivity contribution is 0.0997. The molecule has 0 radical (unpaired) electrons. The summed E-state index contributed by atoms with van der Waals surface area (Å²) in [5.41, 5.74) is 6.97. The van der Waals surface area contributed by atoms with Crippen LogP contribution in [0.25, 0.3) is 0 Å². The lowest BCUT2D eigenvalue weighted by atomic mass is 10.3. The fourth-order valence-corrected chi connectivity index (χ4v) is 2.11. The van der Waals surface area contributed by atoms with Crippen LogP contribution in [0.15, 0.2) is 36.0 Å². The van der Waals surface area contributed by atoms with E-state index in [-0.39, 0.29) is 5.91 Å². The number of hydrogen-bond acceptors (Lipinski definition) is 4. The first kappa shape index (κ1) is 10.6. The van der Waals surface area contributed by atoms with E-state index in [0.717, 1.165) is 5.69 Å². The molecule has 0 aromatic carbocycles. The van der Waals surface area contributed by atoms with Crippen molar-refractivity contribution >= 4 is 28.6 Å². The van der Waals surface area contributed by atoms with Crippen LogP contribution < -0.4 is 10.6 Å². The van der Waals surface area contributed by atoms with Gasteiger partial charge in [0, 0.05) is 13.2 Å². The first-order valence-electron chi connectivity index (χ1n) is 4.71. The third-order valence-electron chi connectivity index (χ3n) is 2.23. The van der Waals surface area contributed by atoms with Crippen molar-refractivity contribution in [2.75, 3.05) is 17.7 Å². The van der Waals surface area contributed by atoms with Gasteiger partial charge < -0.3 is 10.6 Å². The van der Waals surface area contributed by atoms with Crippen LogP contribution in [0.1, 0.15) is 9.67 Å². The van der Waals surface area contributed by atoms with Gasteiger partial charge in [0.05, 0.1) is 17.6 Å². The Kier molecular flexibility index (Phi) is 2.87. The van der Waals surface area contributed by atoms with Crippen molar-refractivity contribution in [1.82, 2.24) is 4.98 Å². The number of carbonyl (C=O) groups excluding carboxylic acids is 1. The van der Waals surface area contributed by atoms with Gasteiger partial charge in [0.15, 0.2) is 0 Å². The average molecular weight is 233 g/mol. The molecule has 2 rings (SSSR count). The SMILES string of the molecule is CN(C(=O)c1sccc1N)c1cccnc1. The van der Waals surface area contributed by atoms with Crippen LogP contribution >= 0.6 is 11.3 Å². The van der Waals surface area contributed by atoms with Gasteiger partial charge in [-0.3, -0.25) is 9.78 Å². The largest absolute Gasteiger partial charge is 0.397 e. The number of nitrogen functional groups attached to an aromatic ring is 1. The Morgan fingerprint density at radius 1 is 1.50 bits per heavy atom. The van der Waals surface area contributed by atoms with Crippen molar-refractivity contribution in [1.29, 1.82) is 0 Å². The van der Waals surface area contributed by atoms with Crippen molar-refractivity contribution < 1.29 is 4.79 Å². The van der Waals surface area contributed by atoms with E-state index in [1.807, 2.05) is 6.07 Å². The summed E-state index contributed by atoms with van der Waals surface area (Å²) in [6.45, 7) is 0. The third kappa shape index (κ3) is 1.90. The number of rotatable bonds is 2. The third-order valence-corrected chi connectivity index (χ3v) is 3.15. The molecule has 16 heavy (non-hydrogen) atoms. The Labute approximate surface area is 97.3 Å². The molecule has 0 atom stereocenters. The van der Waals surface area contributed by atoms with Crippen LogP contribution in [0, 0.1) is 0 Å². The Bertz CT molecular complexity index is 495. The average Bonchev–Trinajstić information content (AvgIpc) is 2.75. The number of carbonyl (C=O) groups is 1. The van der Waals surface area contributed by atoms with Crippen LogP contribution in [-0.2, 0) is 0 Å². The quantitative estimate of drug-likeness (QED) is 0.863. The lowest BCUT2D eigenvalue weighted by Gasteiger charge is -2.15. The predicted molar refractivity (Wildman–Crippen MR) is 65.7 cm³/mol. The second kappa shape index (κ2) is 4.32. The summed E-state index contributed by atoms with van der Waals surface area (Å²) in [5.74, 6) is -0.111. The second-order valence-electron chi connectivity index (χ2n) is 3.28. The van der Waals surface area contributed by atoms with Gasteiger partial charge in [-0.2, -0.15) is 0 Å². The van der Waals surface area contributed by atoms with E-state index in [1.54, 1.807) is 37.0 Å². The van der Waals surface area contributed by atoms with E-state index >= 15 is 0 Å². The molecule has 0 spiro atoms. The van der Waals surface area contributed by atoms with E-state index in [0.29, 0.717) is 10.6 Å². The van der Waals surface area contributed by atoms with Crippen molar-refractivity contribution in [3.63, 3.8) is 0 Å². The molecular weight excluding hydrogens is 222 g/mol. The van der Waals surface area contributed by atoms with Crippen molar-refractivity contribution in [2.24, 2.45) is 0 Å². The maximum atomic E-state index is 12.1. The molecule has 0 unspecified atom stereocenters. The van der Waals surface area contributed by atoms with Gasteiger partial charge in [-0.25, -0.2) is 0 Å². The van der Waals surface area contributed by atoms with E-state index < -0.39 is 0 Å². The first-order valence-corrected chi connectivity index (χ1v) is 5.59. The number of amides is 1. The predicted octanol–water partition coefficient (Wildman–Crippen LogP) is 2.00. The summed E-state index contributed by atoms with van der Waals surface area (Å²) in [5, 5.41) is 1.81. The van der Waals surface area contributed by atoms with Gasteiger partial charge >= 0.3 is 0 Å². The second-order valence-corrected chi connectivity index (χ2v) is 4.20. The van der Waals surface area contributed by atoms with Gasteiger partial charge in [0.2, 0.25) is 0 Å². The van der Waals surface area contributed by atoms with Crippen LogP contribution in [0.2, 0.25) is 0 Å². The maximum absolute atomic E-state index is 12.1. The van der Waals surface area contributed by atoms with E-state index in [1.165, 1.54) is 16.2 Å². The Morgan fingerprint density at radius 3 is 2.88 bits per heavy atom. The zero-order valence-electron chi connectivity index (χ0n) is 8.75. The highest BCUT2D eigenvalue weighted by molar-refractivity contribution is 7.12. The molecule has 0 saturated heterocycles. The van der Waals surface area contributed by atoms with Crippen molar-refractivity contribution in [2.45, 2.75) is 0 Å². The fourth-order valence-electron chi connectivity index (χ4n) is 1.31. The zero-order valence-corrected chi connectivity index (χ0v) is 9.57. The molecule has 2 aromatic heterocycles. The Hall–Kier alpha value is -1.88. The van der Waals surface area contributed by atoms with Crippen LogP contribution in [0.3, 0.4) is 0 Å². The van der Waals surface area contributed by atoms with E-state index in [2.05, 4.69) is 4.98 Å². The number of hydrogen-bond donors (Lipinski definition) is 1. The van der Waals surface area contributed by atoms with Crippen molar-refractivity contribution in [3.05, 3.63) is 40.8 Å². The number of anilines is 2. The molecule has 2 aromatic rings. The van der Waals surface area contributed by atoms with Gasteiger partial charge in [0.1, 0.15) is 4.88 Å². The monoisotopic (exact) mass is 233 g/mol. The molecule has 2 heterocycles. The summed E-state index contributed by atoms with van der Waals surface area (Å²) in [4.78, 5) is 18.1. The van der Waals surface area contributed by atoms with Gasteiger partial charge in [0.25, 0.3) is 5.91 Å². The topological polar surface area (TPSA) is 59.2 Å². The van der Waals surface area contributed by atoms with E-state index in [9.17, 15) is 4.79 Å². The van der Waals surface area contributed by atoms with E-state index in [4.69, 9.17) is 5.73 Å². The molecule has 2 N–H and O–H groups in total. The number of aromatic nitrogens is 1. The number of nitrogens with two attached hydrogens (primary N) is 1. The minimum Gasteiger partial charge on any atom is -0.397 e. The van der Waals surface area contributed by atoms with Crippen molar-refractivity contribution in [3.8, 4) is 0 Å². The molecule has 4 nitrogen and oxygen atoms in total. The highest BCUT2D eigenvalue weighted by Crippen LogP contribution is 2.22. The molecule has 5 heteroatoms.